The highest BCUT2D eigenvalue weighted by Crippen LogP contribution is 2.29. The largest absolute Gasteiger partial charge is 0.497 e. The van der Waals surface area contributed by atoms with Crippen LogP contribution in [-0.2, 0) is 4.79 Å². The molecule has 1 aromatic heterocycles. The third kappa shape index (κ3) is 4.96. The van der Waals surface area contributed by atoms with Gasteiger partial charge in [0.2, 0.25) is 5.91 Å². The van der Waals surface area contributed by atoms with E-state index in [0.29, 0.717) is 23.7 Å². The molecule has 0 spiro atoms. The molecule has 1 saturated heterocycles. The zero-order valence-electron chi connectivity index (χ0n) is 19.7. The maximum absolute atomic E-state index is 12.7. The highest BCUT2D eigenvalue weighted by Gasteiger charge is 2.24. The Morgan fingerprint density at radius 3 is 2.39 bits per heavy atom. The minimum absolute atomic E-state index is 0.0701. The van der Waals surface area contributed by atoms with E-state index < -0.39 is 0 Å². The zero-order chi connectivity index (χ0) is 23.4. The second-order valence-corrected chi connectivity index (χ2v) is 8.14. The van der Waals surface area contributed by atoms with Gasteiger partial charge < -0.3 is 19.7 Å². The van der Waals surface area contributed by atoms with E-state index in [1.54, 1.807) is 32.4 Å². The molecule has 1 aliphatic rings. The Hall–Kier alpha value is -3.52. The number of para-hydroxylation sites is 1. The average molecular weight is 450 g/mol. The molecule has 2 heterocycles. The second-order valence-electron chi connectivity index (χ2n) is 8.14. The molecule has 1 fully saturated rings. The van der Waals surface area contributed by atoms with Gasteiger partial charge in [0, 0.05) is 32.2 Å². The molecule has 0 atom stereocenters. The van der Waals surface area contributed by atoms with Crippen molar-refractivity contribution in [2.45, 2.75) is 13.8 Å². The first-order valence-electron chi connectivity index (χ1n) is 11.1. The molecule has 0 saturated carbocycles. The van der Waals surface area contributed by atoms with Crippen molar-refractivity contribution in [2.24, 2.45) is 0 Å². The molecule has 174 valence electrons. The Morgan fingerprint density at radius 2 is 1.73 bits per heavy atom. The normalized spacial score (nSPS) is 14.2. The number of hydrogen-bond acceptors (Lipinski definition) is 6. The molecule has 0 bridgehead atoms. The zero-order valence-corrected chi connectivity index (χ0v) is 19.7. The number of hydrogen-bond donors (Lipinski definition) is 1. The summed E-state index contributed by atoms with van der Waals surface area (Å²) >= 11 is 0. The lowest BCUT2D eigenvalue weighted by Crippen LogP contribution is -2.49. The van der Waals surface area contributed by atoms with E-state index in [-0.39, 0.29) is 5.91 Å². The first-order valence-corrected chi connectivity index (χ1v) is 11.1. The minimum atomic E-state index is -0.0701. The Bertz CT molecular complexity index is 1100. The highest BCUT2D eigenvalue weighted by atomic mass is 16.5. The lowest BCUT2D eigenvalue weighted by atomic mass is 10.2. The maximum Gasteiger partial charge on any atom is 0.238 e. The monoisotopic (exact) mass is 449 g/mol. The smallest absolute Gasteiger partial charge is 0.238 e. The van der Waals surface area contributed by atoms with Crippen LogP contribution in [0.5, 0.6) is 11.5 Å². The first-order chi connectivity index (χ1) is 16.0. The Balaban J connectivity index is 1.37. The van der Waals surface area contributed by atoms with Crippen LogP contribution in [-0.4, -0.2) is 67.5 Å². The van der Waals surface area contributed by atoms with Gasteiger partial charge in [-0.25, -0.2) is 4.68 Å². The number of benzene rings is 2. The van der Waals surface area contributed by atoms with Crippen molar-refractivity contribution in [3.05, 3.63) is 59.9 Å². The number of nitrogens with zero attached hydrogens (tertiary/aromatic N) is 4. The summed E-state index contributed by atoms with van der Waals surface area (Å²) in [7, 11) is 3.18. The standard InChI is InChI=1S/C25H31N5O3/c1-18-25(19(2)30(27-18)20-8-6-5-7-9-20)29-14-12-28(13-15-29)17-24(31)26-22-16-21(32-3)10-11-23(22)33-4/h5-11,16H,12-15,17H2,1-4H3,(H,26,31). The third-order valence-corrected chi connectivity index (χ3v) is 5.99. The Kier molecular flexibility index (Phi) is 6.84. The van der Waals surface area contributed by atoms with Crippen molar-refractivity contribution in [1.82, 2.24) is 14.7 Å². The molecule has 4 rings (SSSR count). The molecule has 1 aliphatic heterocycles. The SMILES string of the molecule is COc1ccc(OC)c(NC(=O)CN2CCN(c3c(C)nn(-c4ccccc4)c3C)CC2)c1. The van der Waals surface area contributed by atoms with E-state index in [1.807, 2.05) is 22.9 Å². The van der Waals surface area contributed by atoms with Gasteiger partial charge in [0.25, 0.3) is 0 Å². The topological polar surface area (TPSA) is 71.9 Å². The van der Waals surface area contributed by atoms with Gasteiger partial charge in [-0.15, -0.1) is 0 Å². The van der Waals surface area contributed by atoms with Gasteiger partial charge in [-0.05, 0) is 38.1 Å². The van der Waals surface area contributed by atoms with Crippen molar-refractivity contribution in [1.29, 1.82) is 0 Å². The van der Waals surface area contributed by atoms with Gasteiger partial charge in [0.05, 0.1) is 49.2 Å². The van der Waals surface area contributed by atoms with Gasteiger partial charge in [-0.2, -0.15) is 5.10 Å². The van der Waals surface area contributed by atoms with Crippen LogP contribution >= 0.6 is 0 Å². The van der Waals surface area contributed by atoms with Crippen molar-refractivity contribution >= 4 is 17.3 Å². The second kappa shape index (κ2) is 9.95. The summed E-state index contributed by atoms with van der Waals surface area (Å²) in [6.07, 6.45) is 0. The predicted molar refractivity (Wildman–Crippen MR) is 130 cm³/mol. The highest BCUT2D eigenvalue weighted by molar-refractivity contribution is 5.94. The van der Waals surface area contributed by atoms with Crippen LogP contribution < -0.4 is 19.7 Å². The lowest BCUT2D eigenvalue weighted by molar-refractivity contribution is -0.117. The van der Waals surface area contributed by atoms with Crippen LogP contribution in [0.1, 0.15) is 11.4 Å². The van der Waals surface area contributed by atoms with Crippen molar-refractivity contribution < 1.29 is 14.3 Å². The molecule has 0 radical (unpaired) electrons. The van der Waals surface area contributed by atoms with E-state index >= 15 is 0 Å². The number of methoxy groups -OCH3 is 2. The number of anilines is 2. The molecule has 8 heteroatoms. The van der Waals surface area contributed by atoms with Crippen LogP contribution in [0.3, 0.4) is 0 Å². The van der Waals surface area contributed by atoms with E-state index in [2.05, 4.69) is 41.1 Å². The summed E-state index contributed by atoms with van der Waals surface area (Å²) in [5.74, 6) is 1.20. The van der Waals surface area contributed by atoms with Crippen LogP contribution in [0.15, 0.2) is 48.5 Å². The lowest BCUT2D eigenvalue weighted by Gasteiger charge is -2.35. The predicted octanol–water partition coefficient (Wildman–Crippen LogP) is 3.27. The number of rotatable bonds is 7. The molecule has 1 amide bonds. The molecule has 33 heavy (non-hydrogen) atoms. The first kappa shape index (κ1) is 22.7. The van der Waals surface area contributed by atoms with Crippen LogP contribution in [0, 0.1) is 13.8 Å². The van der Waals surface area contributed by atoms with E-state index in [4.69, 9.17) is 14.6 Å². The summed E-state index contributed by atoms with van der Waals surface area (Å²) in [5, 5.41) is 7.73. The van der Waals surface area contributed by atoms with Gasteiger partial charge in [-0.1, -0.05) is 18.2 Å². The minimum Gasteiger partial charge on any atom is -0.497 e. The number of carbonyl (C=O) groups excluding carboxylic acids is 1. The van der Waals surface area contributed by atoms with Crippen LogP contribution in [0.2, 0.25) is 0 Å². The average Bonchev–Trinajstić information content (AvgIpc) is 3.13. The fourth-order valence-electron chi connectivity index (χ4n) is 4.35. The van der Waals surface area contributed by atoms with Gasteiger partial charge >= 0.3 is 0 Å². The van der Waals surface area contributed by atoms with Gasteiger partial charge in [0.15, 0.2) is 0 Å². The molecular formula is C25H31N5O3. The summed E-state index contributed by atoms with van der Waals surface area (Å²) < 4.78 is 12.6. The van der Waals surface area contributed by atoms with E-state index in [1.165, 1.54) is 5.69 Å². The number of carbonyl (C=O) groups is 1. The third-order valence-electron chi connectivity index (χ3n) is 5.99. The van der Waals surface area contributed by atoms with Crippen LogP contribution in [0.25, 0.3) is 5.69 Å². The fourth-order valence-corrected chi connectivity index (χ4v) is 4.35. The van der Waals surface area contributed by atoms with Crippen molar-refractivity contribution in [2.75, 3.05) is 57.2 Å². The summed E-state index contributed by atoms with van der Waals surface area (Å²) in [6.45, 7) is 7.80. The van der Waals surface area contributed by atoms with Crippen LogP contribution in [0.4, 0.5) is 11.4 Å². The maximum atomic E-state index is 12.7. The Morgan fingerprint density at radius 1 is 1.00 bits per heavy atom. The molecule has 3 aromatic rings. The number of ether oxygens (including phenoxy) is 2. The summed E-state index contributed by atoms with van der Waals surface area (Å²) in [6, 6.07) is 15.5. The number of nitrogens with one attached hydrogen (secondary N) is 1. The fraction of sp³-hybridized carbons (Fsp3) is 0.360. The number of amides is 1. The number of aromatic nitrogens is 2. The number of aryl methyl sites for hydroxylation is 1. The molecule has 1 N–H and O–H groups in total. The van der Waals surface area contributed by atoms with Gasteiger partial charge in [-0.3, -0.25) is 9.69 Å². The van der Waals surface area contributed by atoms with E-state index in [9.17, 15) is 4.79 Å². The summed E-state index contributed by atoms with van der Waals surface area (Å²) in [5.41, 5.74) is 5.01. The molecule has 0 unspecified atom stereocenters. The van der Waals surface area contributed by atoms with Crippen molar-refractivity contribution in [3.8, 4) is 17.2 Å². The summed E-state index contributed by atoms with van der Waals surface area (Å²) in [4.78, 5) is 17.2. The molecule has 8 nitrogen and oxygen atoms in total. The molecule has 2 aromatic carbocycles. The quantitative estimate of drug-likeness (QED) is 0.597. The number of piperazine rings is 1. The molecular weight excluding hydrogens is 418 g/mol. The Labute approximate surface area is 194 Å². The van der Waals surface area contributed by atoms with Gasteiger partial charge in [0.1, 0.15) is 11.5 Å². The van der Waals surface area contributed by atoms with Crippen molar-refractivity contribution in [3.63, 3.8) is 0 Å². The molecule has 0 aliphatic carbocycles. The van der Waals surface area contributed by atoms with E-state index in [0.717, 1.165) is 43.3 Å².